The van der Waals surface area contributed by atoms with Crippen molar-refractivity contribution in [2.24, 2.45) is 5.10 Å². The molecule has 31 heavy (non-hydrogen) atoms. The number of rotatable bonds is 5. The Bertz CT molecular complexity index is 1150. The van der Waals surface area contributed by atoms with Crippen LogP contribution >= 0.6 is 0 Å². The second kappa shape index (κ2) is 9.08. The molecule has 4 rings (SSSR count). The lowest BCUT2D eigenvalue weighted by Gasteiger charge is -2.24. The van der Waals surface area contributed by atoms with Crippen molar-refractivity contribution < 1.29 is 28.2 Å². The number of hydrazone groups is 1. The molecule has 8 heteroatoms. The fourth-order valence-electron chi connectivity index (χ4n) is 2.83. The van der Waals surface area contributed by atoms with Gasteiger partial charge in [0.2, 0.25) is 6.10 Å². The van der Waals surface area contributed by atoms with Gasteiger partial charge in [-0.05, 0) is 48.0 Å². The minimum Gasteiger partial charge on any atom is -0.485 e. The van der Waals surface area contributed by atoms with Gasteiger partial charge in [0.05, 0.1) is 11.8 Å². The van der Waals surface area contributed by atoms with Crippen LogP contribution in [-0.4, -0.2) is 30.8 Å². The first-order chi connectivity index (χ1) is 15.1. The molecule has 3 aromatic carbocycles. The van der Waals surface area contributed by atoms with Crippen molar-refractivity contribution in [3.05, 3.63) is 89.7 Å². The summed E-state index contributed by atoms with van der Waals surface area (Å²) in [5.74, 6) is -0.339. The number of benzene rings is 3. The molecular formula is C23H17FN2O5. The van der Waals surface area contributed by atoms with Crippen molar-refractivity contribution in [2.75, 3.05) is 6.61 Å². The molecular weight excluding hydrogens is 403 g/mol. The lowest BCUT2D eigenvalue weighted by molar-refractivity contribution is -0.130. The zero-order valence-corrected chi connectivity index (χ0v) is 16.2. The molecule has 0 bridgehead atoms. The molecule has 0 saturated carbocycles. The molecule has 0 fully saturated rings. The third kappa shape index (κ3) is 5.05. The van der Waals surface area contributed by atoms with Gasteiger partial charge in [-0.1, -0.05) is 30.3 Å². The van der Waals surface area contributed by atoms with Crippen molar-refractivity contribution >= 4 is 18.1 Å². The number of amides is 1. The quantitative estimate of drug-likeness (QED) is 0.296. The Morgan fingerprint density at radius 3 is 2.68 bits per heavy atom. The van der Waals surface area contributed by atoms with E-state index in [1.54, 1.807) is 42.5 Å². The predicted octanol–water partition coefficient (Wildman–Crippen LogP) is 3.34. The lowest BCUT2D eigenvalue weighted by Crippen LogP contribution is -2.42. The summed E-state index contributed by atoms with van der Waals surface area (Å²) in [5, 5.41) is 3.91. The molecule has 7 nitrogen and oxygen atoms in total. The van der Waals surface area contributed by atoms with Gasteiger partial charge >= 0.3 is 5.97 Å². The van der Waals surface area contributed by atoms with Crippen LogP contribution in [0.1, 0.15) is 15.9 Å². The first-order valence-corrected chi connectivity index (χ1v) is 9.38. The number of halogens is 1. The molecule has 0 aromatic heterocycles. The molecule has 1 atom stereocenters. The molecule has 0 aliphatic carbocycles. The number of carbonyl (C=O) groups is 2. The van der Waals surface area contributed by atoms with E-state index in [-0.39, 0.29) is 17.9 Å². The average Bonchev–Trinajstić information content (AvgIpc) is 2.79. The van der Waals surface area contributed by atoms with Gasteiger partial charge in [0.25, 0.3) is 5.91 Å². The van der Waals surface area contributed by atoms with Gasteiger partial charge in [0.15, 0.2) is 11.5 Å². The zero-order chi connectivity index (χ0) is 21.6. The Kier molecular flexibility index (Phi) is 5.89. The van der Waals surface area contributed by atoms with Crippen LogP contribution in [0.5, 0.6) is 17.2 Å². The van der Waals surface area contributed by atoms with Crippen LogP contribution < -0.4 is 19.6 Å². The van der Waals surface area contributed by atoms with Crippen LogP contribution in [0.15, 0.2) is 77.9 Å². The van der Waals surface area contributed by atoms with Crippen molar-refractivity contribution in [1.29, 1.82) is 0 Å². The maximum Gasteiger partial charge on any atom is 0.343 e. The van der Waals surface area contributed by atoms with E-state index in [9.17, 15) is 14.0 Å². The minimum atomic E-state index is -0.828. The van der Waals surface area contributed by atoms with Crippen LogP contribution in [0, 0.1) is 5.82 Å². The van der Waals surface area contributed by atoms with E-state index >= 15 is 0 Å². The van der Waals surface area contributed by atoms with Gasteiger partial charge in [-0.25, -0.2) is 14.6 Å². The number of hydrogen-bond donors (Lipinski definition) is 1. The maximum atomic E-state index is 13.3. The van der Waals surface area contributed by atoms with Gasteiger partial charge in [0.1, 0.15) is 18.2 Å². The molecule has 1 N–H and O–H groups in total. The summed E-state index contributed by atoms with van der Waals surface area (Å²) in [6.45, 7) is 0.0733. The van der Waals surface area contributed by atoms with Crippen LogP contribution in [-0.2, 0) is 4.79 Å². The Hall–Kier alpha value is -4.20. The van der Waals surface area contributed by atoms with Crippen molar-refractivity contribution in [2.45, 2.75) is 6.10 Å². The van der Waals surface area contributed by atoms with Crippen molar-refractivity contribution in [1.82, 2.24) is 5.43 Å². The summed E-state index contributed by atoms with van der Waals surface area (Å²) < 4.78 is 29.7. The normalized spacial score (nSPS) is 14.8. The summed E-state index contributed by atoms with van der Waals surface area (Å²) in [5.41, 5.74) is 3.08. The fourth-order valence-corrected chi connectivity index (χ4v) is 2.83. The molecule has 0 spiro atoms. The first kappa shape index (κ1) is 20.1. The van der Waals surface area contributed by atoms with E-state index in [1.807, 2.05) is 6.07 Å². The number of fused-ring (bicyclic) bond motifs is 1. The Labute approximate surface area is 177 Å². The second-order valence-electron chi connectivity index (χ2n) is 6.57. The topological polar surface area (TPSA) is 86.2 Å². The fraction of sp³-hybridized carbons (Fsp3) is 0.0870. The number of hydrogen-bond acceptors (Lipinski definition) is 6. The number of nitrogens with zero attached hydrogens (tertiary/aromatic N) is 1. The molecule has 1 aliphatic heterocycles. The molecule has 1 aliphatic rings. The maximum absolute atomic E-state index is 13.3. The van der Waals surface area contributed by atoms with E-state index in [4.69, 9.17) is 14.2 Å². The third-order valence-corrected chi connectivity index (χ3v) is 4.32. The first-order valence-electron chi connectivity index (χ1n) is 9.38. The standard InChI is InChI=1S/C23H17FN2O5/c24-17-7-4-6-16(12-17)23(28)30-18-8-3-5-15(11-18)13-25-26-22(27)21-14-29-19-9-1-2-10-20(19)31-21/h1-13,21H,14H2,(H,26,27). The molecule has 1 unspecified atom stereocenters. The molecule has 156 valence electrons. The van der Waals surface area contributed by atoms with E-state index in [2.05, 4.69) is 10.5 Å². The number of ether oxygens (including phenoxy) is 3. The van der Waals surface area contributed by atoms with E-state index in [1.165, 1.54) is 24.4 Å². The average molecular weight is 420 g/mol. The lowest BCUT2D eigenvalue weighted by atomic mass is 10.2. The number of para-hydroxylation sites is 2. The highest BCUT2D eigenvalue weighted by molar-refractivity contribution is 5.91. The highest BCUT2D eigenvalue weighted by Crippen LogP contribution is 2.30. The van der Waals surface area contributed by atoms with Gasteiger partial charge < -0.3 is 14.2 Å². The largest absolute Gasteiger partial charge is 0.485 e. The van der Waals surface area contributed by atoms with E-state index in [0.717, 1.165) is 6.07 Å². The highest BCUT2D eigenvalue weighted by atomic mass is 19.1. The van der Waals surface area contributed by atoms with Crippen LogP contribution in [0.4, 0.5) is 4.39 Å². The van der Waals surface area contributed by atoms with Crippen LogP contribution in [0.2, 0.25) is 0 Å². The van der Waals surface area contributed by atoms with Gasteiger partial charge in [0, 0.05) is 0 Å². The second-order valence-corrected chi connectivity index (χ2v) is 6.57. The molecule has 0 saturated heterocycles. The van der Waals surface area contributed by atoms with Crippen molar-refractivity contribution in [3.63, 3.8) is 0 Å². The summed E-state index contributed by atoms with van der Waals surface area (Å²) in [4.78, 5) is 24.4. The molecule has 0 radical (unpaired) electrons. The summed E-state index contributed by atoms with van der Waals surface area (Å²) in [7, 11) is 0. The van der Waals surface area contributed by atoms with Crippen LogP contribution in [0.3, 0.4) is 0 Å². The van der Waals surface area contributed by atoms with Crippen molar-refractivity contribution in [3.8, 4) is 17.2 Å². The highest BCUT2D eigenvalue weighted by Gasteiger charge is 2.26. The Morgan fingerprint density at radius 1 is 1.03 bits per heavy atom. The summed E-state index contributed by atoms with van der Waals surface area (Å²) in [6, 6.07) is 18.8. The van der Waals surface area contributed by atoms with Gasteiger partial charge in [-0.2, -0.15) is 5.10 Å². The Balaban J connectivity index is 1.34. The number of nitrogens with one attached hydrogen (secondary N) is 1. The third-order valence-electron chi connectivity index (χ3n) is 4.32. The van der Waals surface area contributed by atoms with Gasteiger partial charge in [-0.3, -0.25) is 4.79 Å². The summed E-state index contributed by atoms with van der Waals surface area (Å²) in [6.07, 6.45) is 0.570. The Morgan fingerprint density at radius 2 is 1.84 bits per heavy atom. The number of carbonyl (C=O) groups excluding carboxylic acids is 2. The monoisotopic (exact) mass is 420 g/mol. The van der Waals surface area contributed by atoms with E-state index in [0.29, 0.717) is 17.1 Å². The molecule has 1 heterocycles. The SMILES string of the molecule is O=C(Oc1cccc(C=NNC(=O)C2COc3ccccc3O2)c1)c1cccc(F)c1. The van der Waals surface area contributed by atoms with Crippen LogP contribution in [0.25, 0.3) is 0 Å². The predicted molar refractivity (Wildman–Crippen MR) is 110 cm³/mol. The molecule has 1 amide bonds. The number of esters is 1. The van der Waals surface area contributed by atoms with E-state index < -0.39 is 23.8 Å². The smallest absolute Gasteiger partial charge is 0.343 e. The summed E-state index contributed by atoms with van der Waals surface area (Å²) >= 11 is 0. The molecule has 3 aromatic rings. The van der Waals surface area contributed by atoms with Gasteiger partial charge in [-0.15, -0.1) is 0 Å². The zero-order valence-electron chi connectivity index (χ0n) is 16.2. The minimum absolute atomic E-state index is 0.0733.